The van der Waals surface area contributed by atoms with Crippen LogP contribution < -0.4 is 10.1 Å². The van der Waals surface area contributed by atoms with Gasteiger partial charge in [0.1, 0.15) is 18.2 Å². The van der Waals surface area contributed by atoms with Crippen LogP contribution in [0.4, 0.5) is 4.39 Å². The molecule has 0 atom stereocenters. The van der Waals surface area contributed by atoms with E-state index in [4.69, 9.17) is 9.47 Å². The summed E-state index contributed by atoms with van der Waals surface area (Å²) >= 11 is 0. The molecule has 0 saturated carbocycles. The summed E-state index contributed by atoms with van der Waals surface area (Å²) in [6.07, 6.45) is 1.79. The number of hydrogen-bond acceptors (Lipinski definition) is 4. The van der Waals surface area contributed by atoms with Crippen molar-refractivity contribution in [3.63, 3.8) is 0 Å². The van der Waals surface area contributed by atoms with Crippen molar-refractivity contribution in [2.45, 2.75) is 13.1 Å². The number of aromatic nitrogens is 2. The first-order valence-electron chi connectivity index (χ1n) is 8.46. The van der Waals surface area contributed by atoms with E-state index in [-0.39, 0.29) is 18.2 Å². The molecule has 0 aliphatic carbocycles. The zero-order valence-electron chi connectivity index (χ0n) is 15.1. The Morgan fingerprint density at radius 1 is 1.00 bits per heavy atom. The molecule has 27 heavy (non-hydrogen) atoms. The van der Waals surface area contributed by atoms with Gasteiger partial charge in [0, 0.05) is 31.3 Å². The molecule has 7 heteroatoms. The van der Waals surface area contributed by atoms with Gasteiger partial charge in [-0.25, -0.2) is 4.39 Å². The van der Waals surface area contributed by atoms with Crippen LogP contribution >= 0.6 is 12.4 Å². The molecule has 0 radical (unpaired) electrons. The molecular formula is C20H23ClFN3O2. The van der Waals surface area contributed by atoms with Crippen molar-refractivity contribution in [2.75, 3.05) is 20.3 Å². The molecule has 0 fully saturated rings. The predicted octanol–water partition coefficient (Wildman–Crippen LogP) is 3.95. The van der Waals surface area contributed by atoms with Gasteiger partial charge in [0.25, 0.3) is 0 Å². The zero-order valence-corrected chi connectivity index (χ0v) is 15.9. The second-order valence-corrected chi connectivity index (χ2v) is 5.87. The van der Waals surface area contributed by atoms with Gasteiger partial charge in [-0.05, 0) is 42.0 Å². The van der Waals surface area contributed by atoms with E-state index in [2.05, 4.69) is 15.5 Å². The van der Waals surface area contributed by atoms with Crippen molar-refractivity contribution in [2.24, 2.45) is 0 Å². The third-order valence-corrected chi connectivity index (χ3v) is 3.97. The molecule has 144 valence electrons. The van der Waals surface area contributed by atoms with Gasteiger partial charge < -0.3 is 14.8 Å². The highest BCUT2D eigenvalue weighted by atomic mass is 35.5. The summed E-state index contributed by atoms with van der Waals surface area (Å²) in [5.41, 5.74) is 4.02. The van der Waals surface area contributed by atoms with Crippen molar-refractivity contribution in [3.05, 3.63) is 71.7 Å². The first-order chi connectivity index (χ1) is 12.8. The number of rotatable bonds is 9. The summed E-state index contributed by atoms with van der Waals surface area (Å²) in [4.78, 5) is 0. The molecule has 5 nitrogen and oxygen atoms in total. The van der Waals surface area contributed by atoms with Gasteiger partial charge in [0.05, 0.1) is 18.5 Å². The number of nitrogens with zero attached hydrogens (tertiary/aromatic N) is 1. The number of methoxy groups -OCH3 is 1. The fourth-order valence-electron chi connectivity index (χ4n) is 2.60. The van der Waals surface area contributed by atoms with Gasteiger partial charge in [-0.1, -0.05) is 12.1 Å². The molecule has 0 aliphatic rings. The molecule has 0 aliphatic heterocycles. The number of hydrogen-bond donors (Lipinski definition) is 2. The third-order valence-electron chi connectivity index (χ3n) is 3.97. The summed E-state index contributed by atoms with van der Waals surface area (Å²) in [5.74, 6) is 0.585. The molecule has 2 N–H and O–H groups in total. The van der Waals surface area contributed by atoms with Gasteiger partial charge in [0.2, 0.25) is 0 Å². The first kappa shape index (κ1) is 20.9. The Labute approximate surface area is 164 Å². The normalized spacial score (nSPS) is 10.4. The summed E-state index contributed by atoms with van der Waals surface area (Å²) in [6, 6.07) is 14.4. The Morgan fingerprint density at radius 2 is 1.74 bits per heavy atom. The first-order valence-corrected chi connectivity index (χ1v) is 8.46. The van der Waals surface area contributed by atoms with Gasteiger partial charge in [0.15, 0.2) is 0 Å². The molecule has 0 unspecified atom stereocenters. The van der Waals surface area contributed by atoms with E-state index in [1.165, 1.54) is 12.1 Å². The molecule has 1 aromatic heterocycles. The molecule has 0 amide bonds. The van der Waals surface area contributed by atoms with Gasteiger partial charge >= 0.3 is 0 Å². The third kappa shape index (κ3) is 6.06. The maximum atomic E-state index is 13.1. The Morgan fingerprint density at radius 3 is 2.44 bits per heavy atom. The molecule has 3 aromatic rings. The van der Waals surface area contributed by atoms with Crippen LogP contribution in [0.3, 0.4) is 0 Å². The maximum absolute atomic E-state index is 13.1. The number of ether oxygens (including phenoxy) is 2. The lowest BCUT2D eigenvalue weighted by Crippen LogP contribution is -2.13. The van der Waals surface area contributed by atoms with Crippen LogP contribution in [0.5, 0.6) is 5.75 Å². The van der Waals surface area contributed by atoms with Crippen LogP contribution in [0.1, 0.15) is 11.1 Å². The van der Waals surface area contributed by atoms with Gasteiger partial charge in [-0.2, -0.15) is 5.10 Å². The highest BCUT2D eigenvalue weighted by Crippen LogP contribution is 2.21. The summed E-state index contributed by atoms with van der Waals surface area (Å²) < 4.78 is 23.6. The topological polar surface area (TPSA) is 59.2 Å². The predicted molar refractivity (Wildman–Crippen MR) is 106 cm³/mol. The van der Waals surface area contributed by atoms with E-state index >= 15 is 0 Å². The SMILES string of the molecule is COCCOc1ccc(CNCc2cn[nH]c2-c2ccc(F)cc2)cc1.Cl. The van der Waals surface area contributed by atoms with Crippen molar-refractivity contribution in [3.8, 4) is 17.0 Å². The quantitative estimate of drug-likeness (QED) is 0.542. The standard InChI is InChI=1S/C20H22FN3O2.ClH/c1-25-10-11-26-19-8-2-15(3-9-19)12-22-13-17-14-23-24-20(17)16-4-6-18(21)7-5-16;/h2-9,14,22H,10-13H2,1H3,(H,23,24);1H. The fraction of sp³-hybridized carbons (Fsp3) is 0.250. The number of nitrogens with one attached hydrogen (secondary N) is 2. The highest BCUT2D eigenvalue weighted by molar-refractivity contribution is 5.85. The maximum Gasteiger partial charge on any atom is 0.123 e. The lowest BCUT2D eigenvalue weighted by atomic mass is 10.1. The monoisotopic (exact) mass is 391 g/mol. The highest BCUT2D eigenvalue weighted by Gasteiger charge is 2.07. The molecule has 3 rings (SSSR count). The van der Waals surface area contributed by atoms with E-state index in [0.717, 1.165) is 34.7 Å². The minimum absolute atomic E-state index is 0. The molecule has 0 saturated heterocycles. The number of aromatic amines is 1. The fourth-order valence-corrected chi connectivity index (χ4v) is 2.60. The number of halogens is 2. The minimum Gasteiger partial charge on any atom is -0.491 e. The lowest BCUT2D eigenvalue weighted by molar-refractivity contribution is 0.146. The molecular weight excluding hydrogens is 369 g/mol. The lowest BCUT2D eigenvalue weighted by Gasteiger charge is -2.08. The summed E-state index contributed by atoms with van der Waals surface area (Å²) in [7, 11) is 1.65. The second-order valence-electron chi connectivity index (χ2n) is 5.87. The number of H-pyrrole nitrogens is 1. The van der Waals surface area contributed by atoms with Crippen LogP contribution in [-0.4, -0.2) is 30.5 Å². The summed E-state index contributed by atoms with van der Waals surface area (Å²) in [5, 5.41) is 10.5. The number of benzene rings is 2. The van der Waals surface area contributed by atoms with Crippen LogP contribution in [0.25, 0.3) is 11.3 Å². The Bertz CT molecular complexity index is 807. The van der Waals surface area contributed by atoms with E-state index < -0.39 is 0 Å². The molecule has 2 aromatic carbocycles. The average Bonchev–Trinajstić information content (AvgIpc) is 3.12. The molecule has 0 spiro atoms. The van der Waals surface area contributed by atoms with Crippen molar-refractivity contribution in [1.29, 1.82) is 0 Å². The minimum atomic E-state index is -0.248. The van der Waals surface area contributed by atoms with E-state index in [1.807, 2.05) is 24.3 Å². The van der Waals surface area contributed by atoms with E-state index in [0.29, 0.717) is 19.8 Å². The summed E-state index contributed by atoms with van der Waals surface area (Å²) in [6.45, 7) is 2.51. The van der Waals surface area contributed by atoms with Crippen LogP contribution in [0.2, 0.25) is 0 Å². The van der Waals surface area contributed by atoms with E-state index in [9.17, 15) is 4.39 Å². The zero-order chi connectivity index (χ0) is 18.2. The second kappa shape index (κ2) is 10.7. The smallest absolute Gasteiger partial charge is 0.123 e. The van der Waals surface area contributed by atoms with Crippen molar-refractivity contribution in [1.82, 2.24) is 15.5 Å². The van der Waals surface area contributed by atoms with Crippen LogP contribution in [0.15, 0.2) is 54.7 Å². The van der Waals surface area contributed by atoms with Crippen molar-refractivity contribution < 1.29 is 13.9 Å². The molecule has 0 bridgehead atoms. The van der Waals surface area contributed by atoms with E-state index in [1.54, 1.807) is 25.4 Å². The van der Waals surface area contributed by atoms with Crippen LogP contribution in [-0.2, 0) is 17.8 Å². The average molecular weight is 392 g/mol. The molecule has 1 heterocycles. The largest absolute Gasteiger partial charge is 0.491 e. The van der Waals surface area contributed by atoms with Gasteiger partial charge in [-0.15, -0.1) is 12.4 Å². The van der Waals surface area contributed by atoms with Crippen molar-refractivity contribution >= 4 is 12.4 Å². The van der Waals surface area contributed by atoms with Crippen LogP contribution in [0, 0.1) is 5.82 Å². The Balaban J connectivity index is 0.00000261. The van der Waals surface area contributed by atoms with Gasteiger partial charge in [-0.3, -0.25) is 5.10 Å². The Hall–Kier alpha value is -2.41. The Kier molecular flexibility index (Phi) is 8.26.